The molecule has 0 aromatic heterocycles. The van der Waals surface area contributed by atoms with Gasteiger partial charge in [0.15, 0.2) is 0 Å². The highest BCUT2D eigenvalue weighted by Gasteiger charge is 2.10. The summed E-state index contributed by atoms with van der Waals surface area (Å²) >= 11 is 5.82. The van der Waals surface area contributed by atoms with Crippen molar-refractivity contribution in [3.63, 3.8) is 0 Å². The molecule has 0 aliphatic rings. The summed E-state index contributed by atoms with van der Waals surface area (Å²) in [6.07, 6.45) is 0. The third-order valence-corrected chi connectivity index (χ3v) is 4.59. The molecule has 112 valence electrons. The van der Waals surface area contributed by atoms with Crippen molar-refractivity contribution in [2.24, 2.45) is 0 Å². The monoisotopic (exact) mass is 328 g/mol. The molecule has 0 spiro atoms. The number of anilines is 1. The maximum atomic E-state index is 13.6. The predicted molar refractivity (Wildman–Crippen MR) is 81.4 cm³/mol. The molecular formula is C14H14ClFN2O2S. The summed E-state index contributed by atoms with van der Waals surface area (Å²) in [5.74, 6) is -0.346. The SMILES string of the molecule is CNS(=O)(=O)c1ccc(NCc2cc(Cl)ccc2F)cc1. The van der Waals surface area contributed by atoms with E-state index in [1.165, 1.54) is 31.3 Å². The number of benzene rings is 2. The van der Waals surface area contributed by atoms with Crippen LogP contribution in [0.15, 0.2) is 47.4 Å². The molecule has 2 rings (SSSR count). The van der Waals surface area contributed by atoms with Crippen LogP contribution in [-0.2, 0) is 16.6 Å². The van der Waals surface area contributed by atoms with Gasteiger partial charge < -0.3 is 5.32 Å². The molecule has 21 heavy (non-hydrogen) atoms. The van der Waals surface area contributed by atoms with Crippen LogP contribution in [0.3, 0.4) is 0 Å². The van der Waals surface area contributed by atoms with Crippen molar-refractivity contribution in [1.29, 1.82) is 0 Å². The zero-order valence-electron chi connectivity index (χ0n) is 11.2. The lowest BCUT2D eigenvalue weighted by Gasteiger charge is -2.09. The van der Waals surface area contributed by atoms with Crippen LogP contribution in [0.25, 0.3) is 0 Å². The fraction of sp³-hybridized carbons (Fsp3) is 0.143. The Morgan fingerprint density at radius 1 is 1.14 bits per heavy atom. The van der Waals surface area contributed by atoms with Crippen molar-refractivity contribution >= 4 is 27.3 Å². The van der Waals surface area contributed by atoms with Crippen molar-refractivity contribution in [3.8, 4) is 0 Å². The molecule has 0 aliphatic carbocycles. The molecule has 2 aromatic rings. The minimum absolute atomic E-state index is 0.171. The van der Waals surface area contributed by atoms with Gasteiger partial charge in [-0.15, -0.1) is 0 Å². The normalized spacial score (nSPS) is 11.4. The number of hydrogen-bond acceptors (Lipinski definition) is 3. The fourth-order valence-electron chi connectivity index (χ4n) is 1.75. The van der Waals surface area contributed by atoms with Crippen LogP contribution >= 0.6 is 11.6 Å². The number of nitrogens with one attached hydrogen (secondary N) is 2. The first kappa shape index (κ1) is 15.8. The summed E-state index contributed by atoms with van der Waals surface area (Å²) in [7, 11) is -2.10. The summed E-state index contributed by atoms with van der Waals surface area (Å²) in [6, 6.07) is 10.5. The van der Waals surface area contributed by atoms with Crippen LogP contribution in [0.4, 0.5) is 10.1 Å². The van der Waals surface area contributed by atoms with E-state index in [4.69, 9.17) is 11.6 Å². The summed E-state index contributed by atoms with van der Waals surface area (Å²) in [4.78, 5) is 0.171. The van der Waals surface area contributed by atoms with E-state index in [1.54, 1.807) is 18.2 Å². The highest BCUT2D eigenvalue weighted by molar-refractivity contribution is 7.89. The Kier molecular flexibility index (Phi) is 4.82. The molecule has 0 saturated heterocycles. The van der Waals surface area contributed by atoms with Crippen LogP contribution < -0.4 is 10.0 Å². The van der Waals surface area contributed by atoms with Gasteiger partial charge in [-0.3, -0.25) is 0 Å². The van der Waals surface area contributed by atoms with Crippen molar-refractivity contribution < 1.29 is 12.8 Å². The van der Waals surface area contributed by atoms with Crippen LogP contribution in [0.5, 0.6) is 0 Å². The van der Waals surface area contributed by atoms with Gasteiger partial charge in [0.1, 0.15) is 5.82 Å². The molecule has 2 aromatic carbocycles. The predicted octanol–water partition coefficient (Wildman–Crippen LogP) is 3.00. The maximum Gasteiger partial charge on any atom is 0.240 e. The average Bonchev–Trinajstić information content (AvgIpc) is 2.48. The van der Waals surface area contributed by atoms with Gasteiger partial charge in [-0.2, -0.15) is 0 Å². The Hall–Kier alpha value is -1.63. The number of hydrogen-bond donors (Lipinski definition) is 2. The molecule has 2 N–H and O–H groups in total. The van der Waals surface area contributed by atoms with Crippen molar-refractivity contribution in [1.82, 2.24) is 4.72 Å². The zero-order valence-corrected chi connectivity index (χ0v) is 12.8. The molecule has 0 atom stereocenters. The lowest BCUT2D eigenvalue weighted by Crippen LogP contribution is -2.18. The van der Waals surface area contributed by atoms with Gasteiger partial charge >= 0.3 is 0 Å². The molecule has 0 saturated carbocycles. The molecule has 0 radical (unpaired) electrons. The summed E-state index contributed by atoms with van der Waals surface area (Å²) < 4.78 is 38.9. The Morgan fingerprint density at radius 2 is 1.81 bits per heavy atom. The van der Waals surface area contributed by atoms with Gasteiger partial charge in [0.05, 0.1) is 4.90 Å². The van der Waals surface area contributed by atoms with Gasteiger partial charge in [-0.05, 0) is 49.5 Å². The van der Waals surface area contributed by atoms with E-state index in [9.17, 15) is 12.8 Å². The summed E-state index contributed by atoms with van der Waals surface area (Å²) in [5.41, 5.74) is 1.12. The molecular weight excluding hydrogens is 315 g/mol. The lowest BCUT2D eigenvalue weighted by atomic mass is 10.2. The zero-order chi connectivity index (χ0) is 15.5. The third-order valence-electron chi connectivity index (χ3n) is 2.92. The Bertz CT molecular complexity index is 733. The highest BCUT2D eigenvalue weighted by atomic mass is 35.5. The van der Waals surface area contributed by atoms with Gasteiger partial charge in [-0.25, -0.2) is 17.5 Å². The second kappa shape index (κ2) is 6.43. The topological polar surface area (TPSA) is 58.2 Å². The Morgan fingerprint density at radius 3 is 2.43 bits per heavy atom. The molecule has 7 heteroatoms. The second-order valence-electron chi connectivity index (χ2n) is 4.32. The van der Waals surface area contributed by atoms with Gasteiger partial charge in [-0.1, -0.05) is 11.6 Å². The van der Waals surface area contributed by atoms with E-state index in [0.717, 1.165) is 0 Å². The van der Waals surface area contributed by atoms with E-state index < -0.39 is 10.0 Å². The minimum Gasteiger partial charge on any atom is -0.381 e. The summed E-state index contributed by atoms with van der Waals surface area (Å²) in [5, 5.41) is 3.47. The molecule has 0 bridgehead atoms. The van der Waals surface area contributed by atoms with Crippen LogP contribution in [-0.4, -0.2) is 15.5 Å². The highest BCUT2D eigenvalue weighted by Crippen LogP contribution is 2.18. The first-order chi connectivity index (χ1) is 9.92. The van der Waals surface area contributed by atoms with E-state index in [0.29, 0.717) is 16.3 Å². The largest absolute Gasteiger partial charge is 0.381 e. The third kappa shape index (κ3) is 3.93. The molecule has 0 aliphatic heterocycles. The van der Waals surface area contributed by atoms with Crippen molar-refractivity contribution in [3.05, 3.63) is 58.9 Å². The number of rotatable bonds is 5. The molecule has 0 unspecified atom stereocenters. The van der Waals surface area contributed by atoms with Crippen LogP contribution in [0, 0.1) is 5.82 Å². The van der Waals surface area contributed by atoms with E-state index in [1.807, 2.05) is 0 Å². The average molecular weight is 329 g/mol. The van der Waals surface area contributed by atoms with Gasteiger partial charge in [0.2, 0.25) is 10.0 Å². The minimum atomic E-state index is -3.45. The van der Waals surface area contributed by atoms with Crippen molar-refractivity contribution in [2.75, 3.05) is 12.4 Å². The summed E-state index contributed by atoms with van der Waals surface area (Å²) in [6.45, 7) is 0.254. The van der Waals surface area contributed by atoms with Crippen LogP contribution in [0.2, 0.25) is 5.02 Å². The Balaban J connectivity index is 2.09. The smallest absolute Gasteiger partial charge is 0.240 e. The van der Waals surface area contributed by atoms with Gasteiger partial charge in [0.25, 0.3) is 0 Å². The quantitative estimate of drug-likeness (QED) is 0.887. The first-order valence-corrected chi connectivity index (χ1v) is 8.00. The first-order valence-electron chi connectivity index (χ1n) is 6.14. The van der Waals surface area contributed by atoms with Gasteiger partial charge in [0, 0.05) is 22.8 Å². The van der Waals surface area contributed by atoms with Crippen molar-refractivity contribution in [2.45, 2.75) is 11.4 Å². The molecule has 0 fully saturated rings. The molecule has 0 amide bonds. The molecule has 0 heterocycles. The standard InChI is InChI=1S/C14H14ClFN2O2S/c1-17-21(19,20)13-5-3-12(4-6-13)18-9-10-8-11(15)2-7-14(10)16/h2-8,17-18H,9H2,1H3. The molecule has 4 nitrogen and oxygen atoms in total. The fourth-order valence-corrected chi connectivity index (χ4v) is 2.67. The van der Waals surface area contributed by atoms with E-state index >= 15 is 0 Å². The number of halogens is 2. The Labute approximate surface area is 128 Å². The lowest BCUT2D eigenvalue weighted by molar-refractivity contribution is 0.588. The maximum absolute atomic E-state index is 13.6. The van der Waals surface area contributed by atoms with E-state index in [2.05, 4.69) is 10.0 Å². The number of sulfonamides is 1. The second-order valence-corrected chi connectivity index (χ2v) is 6.64. The van der Waals surface area contributed by atoms with E-state index in [-0.39, 0.29) is 17.3 Å². The van der Waals surface area contributed by atoms with Crippen LogP contribution in [0.1, 0.15) is 5.56 Å².